The normalized spacial score (nSPS) is 14.9. The summed E-state index contributed by atoms with van der Waals surface area (Å²) in [5.41, 5.74) is 2.05. The van der Waals surface area contributed by atoms with E-state index in [1.807, 2.05) is 6.07 Å². The van der Waals surface area contributed by atoms with Gasteiger partial charge in [0.2, 0.25) is 5.91 Å². The van der Waals surface area contributed by atoms with Crippen LogP contribution in [-0.4, -0.2) is 57.3 Å². The third-order valence-corrected chi connectivity index (χ3v) is 4.12. The Kier molecular flexibility index (Phi) is 6.10. The summed E-state index contributed by atoms with van der Waals surface area (Å²) >= 11 is 5.15. The lowest BCUT2D eigenvalue weighted by Crippen LogP contribution is -3.12. The van der Waals surface area contributed by atoms with Crippen LogP contribution in [-0.2, 0) is 9.53 Å². The Hall–Kier alpha value is -2.19. The maximum atomic E-state index is 11.8. The fourth-order valence-corrected chi connectivity index (χ4v) is 2.85. The lowest BCUT2D eigenvalue weighted by Gasteiger charge is -2.33. The number of quaternary nitrogens is 1. The Morgan fingerprint density at radius 3 is 2.54 bits per heavy atom. The molecule has 2 rings (SSSR count). The number of amides is 1. The van der Waals surface area contributed by atoms with Crippen LogP contribution in [0, 0.1) is 0 Å². The molecule has 1 fully saturated rings. The minimum atomic E-state index is -0.419. The predicted octanol–water partition coefficient (Wildman–Crippen LogP) is -0.359. The Morgan fingerprint density at radius 2 is 1.96 bits per heavy atom. The van der Waals surface area contributed by atoms with Crippen molar-refractivity contribution in [3.05, 3.63) is 23.8 Å². The number of benzene rings is 1. The summed E-state index contributed by atoms with van der Waals surface area (Å²) in [5, 5.41) is 5.75. The molecule has 0 aromatic heterocycles. The number of carbonyl (C=O) groups is 2. The molecule has 1 aromatic rings. The molecule has 3 N–H and O–H groups in total. The van der Waals surface area contributed by atoms with Crippen LogP contribution < -0.4 is 20.4 Å². The number of nitrogens with one attached hydrogen (secondary N) is 3. The van der Waals surface area contributed by atoms with E-state index in [-0.39, 0.29) is 11.0 Å². The number of ether oxygens (including phenoxy) is 1. The van der Waals surface area contributed by atoms with E-state index in [1.54, 1.807) is 12.1 Å². The number of rotatable bonds is 3. The summed E-state index contributed by atoms with van der Waals surface area (Å²) in [7, 11) is 3.51. The van der Waals surface area contributed by atoms with Crippen molar-refractivity contribution < 1.29 is 19.2 Å². The van der Waals surface area contributed by atoms with Gasteiger partial charge in [-0.3, -0.25) is 4.79 Å². The first-order chi connectivity index (χ1) is 11.4. The number of nitrogens with zero attached hydrogens (tertiary/aromatic N) is 1. The van der Waals surface area contributed by atoms with E-state index in [2.05, 4.69) is 22.6 Å². The van der Waals surface area contributed by atoms with E-state index in [9.17, 15) is 9.59 Å². The molecule has 1 aliphatic heterocycles. The highest BCUT2D eigenvalue weighted by Gasteiger charge is 2.21. The van der Waals surface area contributed by atoms with E-state index in [0.717, 1.165) is 31.9 Å². The standard InChI is InChI=1S/C16H22N4O3S/c1-11(21)17-16(24)18-13-10-12(15(22)23-3)4-5-14(13)20-8-6-19(2)7-9-20/h4-5,10H,6-9H2,1-3H3,(H2,17,18,21,24)/p+1. The molecule has 1 amide bonds. The van der Waals surface area contributed by atoms with Crippen LogP contribution in [0.2, 0.25) is 0 Å². The van der Waals surface area contributed by atoms with Crippen molar-refractivity contribution in [3.8, 4) is 0 Å². The molecule has 130 valence electrons. The zero-order valence-corrected chi connectivity index (χ0v) is 15.0. The molecule has 1 aromatic carbocycles. The van der Waals surface area contributed by atoms with Crippen LogP contribution in [0.15, 0.2) is 18.2 Å². The fourth-order valence-electron chi connectivity index (χ4n) is 2.60. The molecule has 0 unspecified atom stereocenters. The summed E-state index contributed by atoms with van der Waals surface area (Å²) < 4.78 is 4.77. The molecular weight excluding hydrogens is 328 g/mol. The van der Waals surface area contributed by atoms with Gasteiger partial charge >= 0.3 is 5.97 Å². The number of anilines is 2. The van der Waals surface area contributed by atoms with E-state index >= 15 is 0 Å². The number of hydrogen-bond acceptors (Lipinski definition) is 5. The Bertz CT molecular complexity index is 642. The minimum absolute atomic E-state index is 0.200. The van der Waals surface area contributed by atoms with Gasteiger partial charge in [-0.25, -0.2) is 4.79 Å². The number of carbonyl (C=O) groups excluding carboxylic acids is 2. The second-order valence-corrected chi connectivity index (χ2v) is 6.21. The molecule has 0 spiro atoms. The van der Waals surface area contributed by atoms with Crippen LogP contribution in [0.25, 0.3) is 0 Å². The highest BCUT2D eigenvalue weighted by atomic mass is 32.1. The van der Waals surface area contributed by atoms with Gasteiger partial charge in [-0.05, 0) is 30.4 Å². The van der Waals surface area contributed by atoms with Crippen molar-refractivity contribution in [1.29, 1.82) is 0 Å². The van der Waals surface area contributed by atoms with E-state index < -0.39 is 5.97 Å². The van der Waals surface area contributed by atoms with Crippen LogP contribution >= 0.6 is 12.2 Å². The lowest BCUT2D eigenvalue weighted by atomic mass is 10.1. The summed E-state index contributed by atoms with van der Waals surface area (Å²) in [5.74, 6) is -0.667. The number of piperazine rings is 1. The molecule has 1 heterocycles. The molecule has 0 aliphatic carbocycles. The highest BCUT2D eigenvalue weighted by Crippen LogP contribution is 2.27. The molecule has 24 heavy (non-hydrogen) atoms. The molecule has 0 radical (unpaired) electrons. The van der Waals surface area contributed by atoms with Gasteiger partial charge in [0.25, 0.3) is 0 Å². The summed E-state index contributed by atoms with van der Waals surface area (Å²) in [4.78, 5) is 26.7. The molecule has 0 atom stereocenters. The minimum Gasteiger partial charge on any atom is -0.465 e. The maximum Gasteiger partial charge on any atom is 0.337 e. The lowest BCUT2D eigenvalue weighted by molar-refractivity contribution is -0.880. The van der Waals surface area contributed by atoms with Crippen molar-refractivity contribution in [3.63, 3.8) is 0 Å². The molecule has 1 saturated heterocycles. The number of methoxy groups -OCH3 is 1. The number of esters is 1. The molecule has 0 saturated carbocycles. The molecule has 7 nitrogen and oxygen atoms in total. The third kappa shape index (κ3) is 4.65. The van der Waals surface area contributed by atoms with Crippen molar-refractivity contribution in [2.75, 3.05) is 50.6 Å². The first kappa shape index (κ1) is 18.2. The van der Waals surface area contributed by atoms with Crippen molar-refractivity contribution in [2.45, 2.75) is 6.92 Å². The van der Waals surface area contributed by atoms with Crippen molar-refractivity contribution in [1.82, 2.24) is 5.32 Å². The zero-order valence-electron chi connectivity index (χ0n) is 14.1. The van der Waals surface area contributed by atoms with Crippen LogP contribution in [0.5, 0.6) is 0 Å². The van der Waals surface area contributed by atoms with Crippen LogP contribution in [0.3, 0.4) is 0 Å². The number of hydrogen-bond donors (Lipinski definition) is 3. The summed E-state index contributed by atoms with van der Waals surface area (Å²) in [6.45, 7) is 5.28. The average Bonchev–Trinajstić information content (AvgIpc) is 2.54. The van der Waals surface area contributed by atoms with Gasteiger partial charge in [-0.1, -0.05) is 0 Å². The SMILES string of the molecule is COC(=O)c1ccc(N2CC[NH+](C)CC2)c(NC(=S)NC(C)=O)c1. The number of likely N-dealkylation sites (N-methyl/N-ethyl adjacent to an activating group) is 1. The fraction of sp³-hybridized carbons (Fsp3) is 0.438. The van der Waals surface area contributed by atoms with Crippen molar-refractivity contribution >= 4 is 40.6 Å². The molecule has 1 aliphatic rings. The predicted molar refractivity (Wildman–Crippen MR) is 96.7 cm³/mol. The number of thiocarbonyl (C=S) groups is 1. The maximum absolute atomic E-state index is 11.8. The van der Waals surface area contributed by atoms with Gasteiger partial charge in [0, 0.05) is 6.92 Å². The second kappa shape index (κ2) is 8.07. The smallest absolute Gasteiger partial charge is 0.337 e. The zero-order chi connectivity index (χ0) is 17.7. The Balaban J connectivity index is 2.29. The van der Waals surface area contributed by atoms with E-state index in [1.165, 1.54) is 18.9 Å². The van der Waals surface area contributed by atoms with Gasteiger partial charge in [0.15, 0.2) is 5.11 Å². The second-order valence-electron chi connectivity index (χ2n) is 5.80. The van der Waals surface area contributed by atoms with Gasteiger partial charge in [0.05, 0.1) is 57.3 Å². The van der Waals surface area contributed by atoms with Crippen LogP contribution in [0.1, 0.15) is 17.3 Å². The highest BCUT2D eigenvalue weighted by molar-refractivity contribution is 7.80. The van der Waals surface area contributed by atoms with Gasteiger partial charge in [0.1, 0.15) is 0 Å². The van der Waals surface area contributed by atoms with Gasteiger partial charge in [-0.15, -0.1) is 0 Å². The van der Waals surface area contributed by atoms with Crippen molar-refractivity contribution in [2.24, 2.45) is 0 Å². The largest absolute Gasteiger partial charge is 0.465 e. The van der Waals surface area contributed by atoms with Gasteiger partial charge < -0.3 is 25.2 Å². The first-order valence-corrected chi connectivity index (χ1v) is 8.18. The summed E-state index contributed by atoms with van der Waals surface area (Å²) in [6, 6.07) is 5.31. The Labute approximate surface area is 146 Å². The molecule has 8 heteroatoms. The topological polar surface area (TPSA) is 75.1 Å². The third-order valence-electron chi connectivity index (χ3n) is 3.91. The first-order valence-electron chi connectivity index (χ1n) is 7.78. The molecular formula is C16H23N4O3S+. The summed E-state index contributed by atoms with van der Waals surface area (Å²) in [6.07, 6.45) is 0. The quantitative estimate of drug-likeness (QED) is 0.510. The van der Waals surface area contributed by atoms with Crippen LogP contribution in [0.4, 0.5) is 11.4 Å². The Morgan fingerprint density at radius 1 is 1.29 bits per heavy atom. The van der Waals surface area contributed by atoms with E-state index in [4.69, 9.17) is 17.0 Å². The monoisotopic (exact) mass is 351 g/mol. The molecule has 0 bridgehead atoms. The van der Waals surface area contributed by atoms with E-state index in [0.29, 0.717) is 11.3 Å². The van der Waals surface area contributed by atoms with Gasteiger partial charge in [-0.2, -0.15) is 0 Å². The average molecular weight is 351 g/mol.